The van der Waals surface area contributed by atoms with Gasteiger partial charge in [0.05, 0.1) is 24.1 Å². The van der Waals surface area contributed by atoms with E-state index in [1.165, 1.54) is 7.05 Å². The van der Waals surface area contributed by atoms with Crippen molar-refractivity contribution in [2.75, 3.05) is 30.8 Å². The van der Waals surface area contributed by atoms with E-state index in [2.05, 4.69) is 0 Å². The van der Waals surface area contributed by atoms with Crippen LogP contribution < -0.4 is 9.04 Å². The summed E-state index contributed by atoms with van der Waals surface area (Å²) in [5.41, 5.74) is 1.27. The molecule has 0 aliphatic heterocycles. The minimum Gasteiger partial charge on any atom is -0.485 e. The molecule has 2 aromatic carbocycles. The summed E-state index contributed by atoms with van der Waals surface area (Å²) in [6.45, 7) is 1.84. The van der Waals surface area contributed by atoms with Crippen molar-refractivity contribution in [3.8, 4) is 5.75 Å². The van der Waals surface area contributed by atoms with Gasteiger partial charge in [0.1, 0.15) is 5.75 Å². The molecule has 2 rings (SSSR count). The Balaban J connectivity index is 1.96. The molecule has 0 heterocycles. The zero-order valence-corrected chi connectivity index (χ0v) is 16.2. The van der Waals surface area contributed by atoms with Crippen LogP contribution in [0.25, 0.3) is 0 Å². The minimum atomic E-state index is -3.36. The fourth-order valence-corrected chi connectivity index (χ4v) is 2.69. The molecule has 0 spiro atoms. The monoisotopic (exact) mass is 391 g/mol. The SMILES string of the molecule is CCOC(=O)c1ccc(OCC(=O)c2ccc(N(C)S(C)(=O)=O)cc2)cc1. The van der Waals surface area contributed by atoms with Crippen LogP contribution in [0.4, 0.5) is 5.69 Å². The van der Waals surface area contributed by atoms with Crippen LogP contribution in [0.1, 0.15) is 27.6 Å². The molecule has 7 nitrogen and oxygen atoms in total. The molecule has 0 aromatic heterocycles. The van der Waals surface area contributed by atoms with Gasteiger partial charge in [0.25, 0.3) is 0 Å². The number of ether oxygens (including phenoxy) is 2. The van der Waals surface area contributed by atoms with E-state index in [1.54, 1.807) is 55.5 Å². The third-order valence-corrected chi connectivity index (χ3v) is 4.99. The summed E-state index contributed by atoms with van der Waals surface area (Å²) >= 11 is 0. The second-order valence-corrected chi connectivity index (χ2v) is 7.75. The first-order valence-electron chi connectivity index (χ1n) is 8.19. The number of sulfonamides is 1. The van der Waals surface area contributed by atoms with Crippen molar-refractivity contribution in [1.29, 1.82) is 0 Å². The first kappa shape index (κ1) is 20.4. The molecule has 0 atom stereocenters. The van der Waals surface area contributed by atoms with Gasteiger partial charge in [-0.1, -0.05) is 0 Å². The Kier molecular flexibility index (Phi) is 6.57. The number of carbonyl (C=O) groups excluding carboxylic acids is 2. The molecule has 0 amide bonds. The van der Waals surface area contributed by atoms with Crippen LogP contribution in [0.15, 0.2) is 48.5 Å². The highest BCUT2D eigenvalue weighted by atomic mass is 32.2. The van der Waals surface area contributed by atoms with E-state index in [4.69, 9.17) is 9.47 Å². The number of Topliss-reactive ketones (excluding diaryl/α,β-unsaturated/α-hetero) is 1. The Hall–Kier alpha value is -2.87. The third kappa shape index (κ3) is 5.55. The number of benzene rings is 2. The minimum absolute atomic E-state index is 0.181. The Morgan fingerprint density at radius 3 is 2.04 bits per heavy atom. The van der Waals surface area contributed by atoms with Crippen LogP contribution in [-0.2, 0) is 14.8 Å². The first-order valence-corrected chi connectivity index (χ1v) is 10.0. The predicted octanol–water partition coefficient (Wildman–Crippen LogP) is 2.52. The number of anilines is 1. The predicted molar refractivity (Wildman–Crippen MR) is 102 cm³/mol. The Labute approximate surface area is 158 Å². The molecular weight excluding hydrogens is 370 g/mol. The number of carbonyl (C=O) groups is 2. The van der Waals surface area contributed by atoms with Crippen LogP contribution in [-0.4, -0.2) is 46.7 Å². The van der Waals surface area contributed by atoms with Crippen LogP contribution in [0.5, 0.6) is 5.75 Å². The summed E-state index contributed by atoms with van der Waals surface area (Å²) in [7, 11) is -1.92. The summed E-state index contributed by atoms with van der Waals surface area (Å²) < 4.78 is 34.5. The summed E-state index contributed by atoms with van der Waals surface area (Å²) in [6.07, 6.45) is 1.10. The van der Waals surface area contributed by atoms with Crippen molar-refractivity contribution in [3.05, 3.63) is 59.7 Å². The van der Waals surface area contributed by atoms with Gasteiger partial charge in [-0.15, -0.1) is 0 Å². The number of esters is 1. The molecule has 0 bridgehead atoms. The Bertz CT molecular complexity index is 904. The molecule has 2 aromatic rings. The molecule has 27 heavy (non-hydrogen) atoms. The van der Waals surface area contributed by atoms with Gasteiger partial charge >= 0.3 is 5.97 Å². The van der Waals surface area contributed by atoms with Crippen molar-refractivity contribution in [2.24, 2.45) is 0 Å². The number of hydrogen-bond donors (Lipinski definition) is 0. The molecule has 0 radical (unpaired) electrons. The van der Waals surface area contributed by atoms with Crippen molar-refractivity contribution in [1.82, 2.24) is 0 Å². The highest BCUT2D eigenvalue weighted by Crippen LogP contribution is 2.17. The fraction of sp³-hybridized carbons (Fsp3) is 0.263. The van der Waals surface area contributed by atoms with Crippen molar-refractivity contribution in [2.45, 2.75) is 6.92 Å². The van der Waals surface area contributed by atoms with Gasteiger partial charge in [-0.05, 0) is 55.5 Å². The van der Waals surface area contributed by atoms with Gasteiger partial charge in [-0.2, -0.15) is 0 Å². The molecule has 0 saturated heterocycles. The van der Waals surface area contributed by atoms with Crippen LogP contribution in [0.3, 0.4) is 0 Å². The lowest BCUT2D eigenvalue weighted by molar-refractivity contribution is 0.0526. The summed E-state index contributed by atoms with van der Waals surface area (Å²) in [5, 5.41) is 0. The van der Waals surface area contributed by atoms with E-state index in [-0.39, 0.29) is 12.4 Å². The maximum atomic E-state index is 12.2. The molecule has 0 aliphatic rings. The second kappa shape index (κ2) is 8.68. The van der Waals surface area contributed by atoms with Gasteiger partial charge in [0.15, 0.2) is 12.4 Å². The van der Waals surface area contributed by atoms with Gasteiger partial charge < -0.3 is 9.47 Å². The number of ketones is 1. The smallest absolute Gasteiger partial charge is 0.338 e. The Morgan fingerprint density at radius 1 is 0.963 bits per heavy atom. The molecule has 0 aliphatic carbocycles. The standard InChI is InChI=1S/C19H21NO6S/c1-4-25-19(22)15-7-11-17(12-8-15)26-13-18(21)14-5-9-16(10-6-14)20(2)27(3,23)24/h5-12H,4,13H2,1-3H3. The van der Waals surface area contributed by atoms with Gasteiger partial charge in [-0.25, -0.2) is 13.2 Å². The molecule has 0 saturated carbocycles. The topological polar surface area (TPSA) is 90.0 Å². The zero-order valence-electron chi connectivity index (χ0n) is 15.3. The van der Waals surface area contributed by atoms with Crippen molar-refractivity contribution < 1.29 is 27.5 Å². The van der Waals surface area contributed by atoms with Gasteiger partial charge in [0, 0.05) is 12.6 Å². The lowest BCUT2D eigenvalue weighted by Crippen LogP contribution is -2.24. The summed E-state index contributed by atoms with van der Waals surface area (Å²) in [4.78, 5) is 23.8. The van der Waals surface area contributed by atoms with Gasteiger partial charge in [0.2, 0.25) is 10.0 Å². The normalized spacial score (nSPS) is 10.9. The molecular formula is C19H21NO6S. The maximum Gasteiger partial charge on any atom is 0.338 e. The largest absolute Gasteiger partial charge is 0.485 e. The highest BCUT2D eigenvalue weighted by molar-refractivity contribution is 7.92. The van der Waals surface area contributed by atoms with E-state index in [0.717, 1.165) is 10.6 Å². The fourth-order valence-electron chi connectivity index (χ4n) is 2.18. The molecule has 0 fully saturated rings. The summed E-state index contributed by atoms with van der Waals surface area (Å²) in [5.74, 6) is -0.220. The summed E-state index contributed by atoms with van der Waals surface area (Å²) in [6, 6.07) is 12.5. The van der Waals surface area contributed by atoms with Gasteiger partial charge in [-0.3, -0.25) is 9.10 Å². The molecule has 8 heteroatoms. The van der Waals surface area contributed by atoms with Crippen LogP contribution >= 0.6 is 0 Å². The first-order chi connectivity index (χ1) is 12.7. The average molecular weight is 391 g/mol. The van der Waals surface area contributed by atoms with Crippen molar-refractivity contribution in [3.63, 3.8) is 0 Å². The maximum absolute atomic E-state index is 12.2. The third-order valence-electron chi connectivity index (χ3n) is 3.79. The molecule has 144 valence electrons. The molecule has 0 unspecified atom stereocenters. The quantitative estimate of drug-likeness (QED) is 0.507. The van der Waals surface area contributed by atoms with Crippen LogP contribution in [0, 0.1) is 0 Å². The van der Waals surface area contributed by atoms with E-state index in [0.29, 0.717) is 29.2 Å². The number of nitrogens with zero attached hydrogens (tertiary/aromatic N) is 1. The lowest BCUT2D eigenvalue weighted by Gasteiger charge is -2.16. The van der Waals surface area contributed by atoms with Crippen LogP contribution in [0.2, 0.25) is 0 Å². The molecule has 0 N–H and O–H groups in total. The average Bonchev–Trinajstić information content (AvgIpc) is 2.65. The number of rotatable bonds is 8. The van der Waals surface area contributed by atoms with E-state index in [9.17, 15) is 18.0 Å². The second-order valence-electron chi connectivity index (χ2n) is 5.73. The van der Waals surface area contributed by atoms with E-state index >= 15 is 0 Å². The zero-order chi connectivity index (χ0) is 20.0. The lowest BCUT2D eigenvalue weighted by atomic mass is 10.1. The van der Waals surface area contributed by atoms with E-state index in [1.807, 2.05) is 0 Å². The van der Waals surface area contributed by atoms with Crippen molar-refractivity contribution >= 4 is 27.5 Å². The Morgan fingerprint density at radius 2 is 1.52 bits per heavy atom. The number of hydrogen-bond acceptors (Lipinski definition) is 6. The highest BCUT2D eigenvalue weighted by Gasteiger charge is 2.13. The van der Waals surface area contributed by atoms with E-state index < -0.39 is 16.0 Å².